The van der Waals surface area contributed by atoms with E-state index in [4.69, 9.17) is 17.0 Å². The molecule has 1 aromatic heterocycles. The Hall–Kier alpha value is -2.35. The topological polar surface area (TPSA) is 50.4 Å². The van der Waals surface area contributed by atoms with E-state index in [1.807, 2.05) is 66.9 Å². The van der Waals surface area contributed by atoms with Gasteiger partial charge in [0.25, 0.3) is 5.91 Å². The number of thioether (sulfide) groups is 1. The molecule has 26 heavy (non-hydrogen) atoms. The third kappa shape index (κ3) is 5.08. The van der Waals surface area contributed by atoms with Crippen molar-refractivity contribution in [3.63, 3.8) is 0 Å². The third-order valence-corrected chi connectivity index (χ3v) is 5.70. The summed E-state index contributed by atoms with van der Waals surface area (Å²) in [5.41, 5.74) is 0.770. The molecular weight excluding hydrogens is 384 g/mol. The summed E-state index contributed by atoms with van der Waals surface area (Å²) in [6.45, 7) is 0. The Kier molecular flexibility index (Phi) is 6.27. The van der Waals surface area contributed by atoms with E-state index >= 15 is 0 Å². The van der Waals surface area contributed by atoms with Crippen LogP contribution in [-0.4, -0.2) is 17.3 Å². The highest BCUT2D eigenvalue weighted by Crippen LogP contribution is 2.25. The second kappa shape index (κ2) is 8.84. The van der Waals surface area contributed by atoms with E-state index in [0.717, 1.165) is 21.4 Å². The molecule has 0 radical (unpaired) electrons. The van der Waals surface area contributed by atoms with Crippen LogP contribution in [0.4, 0.5) is 5.69 Å². The summed E-state index contributed by atoms with van der Waals surface area (Å²) < 4.78 is 6.83. The number of carbonyl (C=O) groups is 1. The highest BCUT2D eigenvalue weighted by Gasteiger charge is 2.11. The Balaban J connectivity index is 1.55. The molecule has 7 heteroatoms. The van der Waals surface area contributed by atoms with E-state index in [2.05, 4.69) is 10.6 Å². The Morgan fingerprint density at radius 3 is 2.35 bits per heavy atom. The number of para-hydroxylation sites is 1. The van der Waals surface area contributed by atoms with Crippen LogP contribution in [0.15, 0.2) is 70.9 Å². The zero-order valence-electron chi connectivity index (χ0n) is 13.9. The Labute approximate surface area is 165 Å². The van der Waals surface area contributed by atoms with E-state index in [9.17, 15) is 4.79 Å². The number of nitrogens with one attached hydrogen (secondary N) is 2. The quantitative estimate of drug-likeness (QED) is 0.444. The van der Waals surface area contributed by atoms with Crippen LogP contribution in [0, 0.1) is 0 Å². The van der Waals surface area contributed by atoms with Gasteiger partial charge in [0.1, 0.15) is 11.5 Å². The molecule has 2 aromatic carbocycles. The van der Waals surface area contributed by atoms with Crippen LogP contribution < -0.4 is 15.4 Å². The summed E-state index contributed by atoms with van der Waals surface area (Å²) in [5.74, 6) is 1.29. The van der Waals surface area contributed by atoms with Gasteiger partial charge in [0, 0.05) is 5.69 Å². The number of carbonyl (C=O) groups excluding carboxylic acids is 1. The molecule has 0 bridgehead atoms. The van der Waals surface area contributed by atoms with Gasteiger partial charge in [-0.05, 0) is 67.0 Å². The highest BCUT2D eigenvalue weighted by molar-refractivity contribution is 8.00. The lowest BCUT2D eigenvalue weighted by Gasteiger charge is -2.10. The molecule has 0 unspecified atom stereocenters. The molecule has 1 amide bonds. The molecule has 0 aliphatic rings. The zero-order valence-corrected chi connectivity index (χ0v) is 16.3. The minimum Gasteiger partial charge on any atom is -0.457 e. The molecule has 132 valence electrons. The first kappa shape index (κ1) is 18.4. The van der Waals surface area contributed by atoms with Crippen molar-refractivity contribution in [2.45, 2.75) is 4.21 Å². The number of amides is 1. The van der Waals surface area contributed by atoms with Gasteiger partial charge in [-0.15, -0.1) is 23.1 Å². The van der Waals surface area contributed by atoms with Gasteiger partial charge in [0.2, 0.25) is 0 Å². The molecule has 3 rings (SSSR count). The van der Waals surface area contributed by atoms with Crippen molar-refractivity contribution in [3.05, 3.63) is 71.6 Å². The van der Waals surface area contributed by atoms with Gasteiger partial charge < -0.3 is 10.1 Å². The zero-order chi connectivity index (χ0) is 18.4. The first-order valence-corrected chi connectivity index (χ1v) is 10.2. The van der Waals surface area contributed by atoms with Crippen LogP contribution >= 0.6 is 35.3 Å². The predicted molar refractivity (Wildman–Crippen MR) is 113 cm³/mol. The van der Waals surface area contributed by atoms with Gasteiger partial charge in [-0.2, -0.15) is 0 Å². The first-order valence-electron chi connectivity index (χ1n) is 7.73. The van der Waals surface area contributed by atoms with E-state index < -0.39 is 0 Å². The number of ether oxygens (including phenoxy) is 1. The molecule has 0 aliphatic carbocycles. The normalized spacial score (nSPS) is 10.2. The van der Waals surface area contributed by atoms with Crippen LogP contribution in [0.25, 0.3) is 0 Å². The average Bonchev–Trinajstić information content (AvgIpc) is 3.13. The van der Waals surface area contributed by atoms with Crippen LogP contribution in [-0.2, 0) is 0 Å². The number of rotatable bonds is 5. The number of hydrogen-bond donors (Lipinski definition) is 2. The number of benzene rings is 2. The lowest BCUT2D eigenvalue weighted by Crippen LogP contribution is -2.33. The maximum atomic E-state index is 12.2. The van der Waals surface area contributed by atoms with Crippen molar-refractivity contribution in [2.24, 2.45) is 0 Å². The maximum absolute atomic E-state index is 12.2. The lowest BCUT2D eigenvalue weighted by molar-refractivity contribution is 0.0981. The predicted octanol–water partition coefficient (Wildman–Crippen LogP) is 5.39. The van der Waals surface area contributed by atoms with Crippen molar-refractivity contribution in [1.29, 1.82) is 0 Å². The van der Waals surface area contributed by atoms with E-state index in [0.29, 0.717) is 4.88 Å². The summed E-state index contributed by atoms with van der Waals surface area (Å²) in [6.07, 6.45) is 1.98. The van der Waals surface area contributed by atoms with Gasteiger partial charge in [-0.1, -0.05) is 18.2 Å². The van der Waals surface area contributed by atoms with Crippen molar-refractivity contribution >= 4 is 52.0 Å². The van der Waals surface area contributed by atoms with E-state index in [-0.39, 0.29) is 11.0 Å². The summed E-state index contributed by atoms with van der Waals surface area (Å²) in [4.78, 5) is 12.8. The smallest absolute Gasteiger partial charge is 0.267 e. The average molecular weight is 401 g/mol. The van der Waals surface area contributed by atoms with E-state index in [1.54, 1.807) is 17.8 Å². The highest BCUT2D eigenvalue weighted by atomic mass is 32.2. The fourth-order valence-electron chi connectivity index (χ4n) is 2.11. The van der Waals surface area contributed by atoms with Gasteiger partial charge in [-0.3, -0.25) is 10.1 Å². The van der Waals surface area contributed by atoms with Gasteiger partial charge >= 0.3 is 0 Å². The molecule has 1 heterocycles. The van der Waals surface area contributed by atoms with Crippen LogP contribution in [0.3, 0.4) is 0 Å². The van der Waals surface area contributed by atoms with Crippen LogP contribution in [0.2, 0.25) is 0 Å². The fourth-order valence-corrected chi connectivity index (χ4v) is 3.76. The first-order chi connectivity index (χ1) is 12.6. The van der Waals surface area contributed by atoms with Crippen molar-refractivity contribution in [3.8, 4) is 11.5 Å². The number of hydrogen-bond acceptors (Lipinski definition) is 5. The van der Waals surface area contributed by atoms with Crippen LogP contribution in [0.5, 0.6) is 11.5 Å². The molecule has 3 aromatic rings. The monoisotopic (exact) mass is 400 g/mol. The van der Waals surface area contributed by atoms with Crippen LogP contribution in [0.1, 0.15) is 9.67 Å². The van der Waals surface area contributed by atoms with Gasteiger partial charge in [0.05, 0.1) is 9.09 Å². The Bertz CT molecular complexity index is 893. The lowest BCUT2D eigenvalue weighted by atomic mass is 10.3. The fraction of sp³-hybridized carbons (Fsp3) is 0.0526. The third-order valence-electron chi connectivity index (χ3n) is 3.32. The minimum absolute atomic E-state index is 0.211. The molecule has 4 nitrogen and oxygen atoms in total. The van der Waals surface area contributed by atoms with Crippen molar-refractivity contribution in [1.82, 2.24) is 5.32 Å². The summed E-state index contributed by atoms with van der Waals surface area (Å²) >= 11 is 8.26. The summed E-state index contributed by atoms with van der Waals surface area (Å²) in [5, 5.41) is 5.94. The number of anilines is 1. The Morgan fingerprint density at radius 2 is 1.69 bits per heavy atom. The molecule has 0 spiro atoms. The Morgan fingerprint density at radius 1 is 1.00 bits per heavy atom. The van der Waals surface area contributed by atoms with Crippen molar-refractivity contribution in [2.75, 3.05) is 11.6 Å². The van der Waals surface area contributed by atoms with Crippen molar-refractivity contribution < 1.29 is 9.53 Å². The summed E-state index contributed by atoms with van der Waals surface area (Å²) in [7, 11) is 0. The summed E-state index contributed by atoms with van der Waals surface area (Å²) in [6, 6.07) is 20.6. The van der Waals surface area contributed by atoms with Gasteiger partial charge in [-0.25, -0.2) is 0 Å². The minimum atomic E-state index is -0.211. The molecule has 0 saturated carbocycles. The number of thiocarbonyl (C=S) groups is 1. The maximum Gasteiger partial charge on any atom is 0.267 e. The largest absolute Gasteiger partial charge is 0.457 e. The molecule has 0 aliphatic heterocycles. The van der Waals surface area contributed by atoms with Gasteiger partial charge in [0.15, 0.2) is 5.11 Å². The molecule has 0 saturated heterocycles. The second-order valence-corrected chi connectivity index (χ2v) is 7.77. The standard InChI is InChI=1S/C19H16N2O2S3/c1-25-17-12-11-16(26-17)18(22)21-19(24)20-13-7-9-15(10-8-13)23-14-5-3-2-4-6-14/h2-12H,1H3,(H2,20,21,22,24). The molecular formula is C19H16N2O2S3. The molecule has 0 atom stereocenters. The molecule has 0 fully saturated rings. The molecule has 2 N–H and O–H groups in total. The van der Waals surface area contributed by atoms with E-state index in [1.165, 1.54) is 11.3 Å². The SMILES string of the molecule is CSc1ccc(C(=O)NC(=S)Nc2ccc(Oc3ccccc3)cc2)s1. The number of thiophene rings is 1. The second-order valence-electron chi connectivity index (χ2n) is 5.17.